The number of nitrogens with one attached hydrogen (secondary N) is 1. The van der Waals surface area contributed by atoms with Crippen LogP contribution >= 0.6 is 0 Å². The Morgan fingerprint density at radius 2 is 1.85 bits per heavy atom. The van der Waals surface area contributed by atoms with Gasteiger partial charge in [0.2, 0.25) is 5.78 Å². The van der Waals surface area contributed by atoms with Crippen LogP contribution < -0.4 is 62.4 Å². The van der Waals surface area contributed by atoms with E-state index < -0.39 is 58.0 Å². The van der Waals surface area contributed by atoms with Crippen molar-refractivity contribution in [3.63, 3.8) is 0 Å². The first kappa shape index (κ1) is 33.2. The van der Waals surface area contributed by atoms with Crippen molar-refractivity contribution in [3.05, 3.63) is 77.2 Å². The van der Waals surface area contributed by atoms with Gasteiger partial charge in [-0.15, -0.1) is 0 Å². The number of nitrogens with two attached hydrogens (primary N) is 1. The Kier molecular flexibility index (Phi) is 9.83. The number of fused-ring (bicyclic) bond motifs is 3. The van der Waals surface area contributed by atoms with Gasteiger partial charge in [-0.1, -0.05) is 6.07 Å². The van der Waals surface area contributed by atoms with Crippen molar-refractivity contribution in [2.24, 2.45) is 24.6 Å². The summed E-state index contributed by atoms with van der Waals surface area (Å²) in [6.07, 6.45) is 2.25. The molecule has 7 N–H and O–H groups in total. The number of rotatable bonds is 6. The zero-order valence-electron chi connectivity index (χ0n) is 23.9. The first-order chi connectivity index (χ1) is 18.4. The van der Waals surface area contributed by atoms with Gasteiger partial charge in [0.1, 0.15) is 22.8 Å². The molecular formula is C29H35KN4O7. The van der Waals surface area contributed by atoms with E-state index in [1.165, 1.54) is 11.0 Å². The molecule has 1 saturated carbocycles. The number of carbonyl (C=O) groups excluding carboxylic acids is 3. The molecule has 3 aliphatic carbocycles. The molecule has 1 aromatic carbocycles. The summed E-state index contributed by atoms with van der Waals surface area (Å²) < 4.78 is 2.00. The Morgan fingerprint density at radius 1 is 1.17 bits per heavy atom. The van der Waals surface area contributed by atoms with Gasteiger partial charge in [-0.2, -0.15) is 0 Å². The van der Waals surface area contributed by atoms with Gasteiger partial charge in [-0.25, -0.2) is 0 Å². The number of benzene rings is 1. The van der Waals surface area contributed by atoms with Crippen LogP contribution in [-0.2, 0) is 40.9 Å². The summed E-state index contributed by atoms with van der Waals surface area (Å²) in [5.74, 6) is -6.59. The number of ketones is 2. The molecule has 12 heteroatoms. The fourth-order valence-electron chi connectivity index (χ4n) is 6.48. The van der Waals surface area contributed by atoms with Gasteiger partial charge < -0.3 is 43.5 Å². The molecule has 1 aromatic heterocycles. The predicted molar refractivity (Wildman–Crippen MR) is 147 cm³/mol. The summed E-state index contributed by atoms with van der Waals surface area (Å²) in [5, 5.41) is 48.0. The summed E-state index contributed by atoms with van der Waals surface area (Å²) in [4.78, 5) is 40.6. The van der Waals surface area contributed by atoms with Crippen LogP contribution in [0, 0.1) is 19.3 Å². The number of aryl methyl sites for hydroxylation is 1. The normalized spacial score (nSPS) is 25.2. The number of amides is 1. The summed E-state index contributed by atoms with van der Waals surface area (Å²) in [6, 6.07) is 6.02. The van der Waals surface area contributed by atoms with Crippen LogP contribution in [0.3, 0.4) is 0 Å². The molecule has 0 bridgehead atoms. The molecule has 214 valence electrons. The molecule has 5 rings (SSSR count). The van der Waals surface area contributed by atoms with Crippen LogP contribution in [0.15, 0.2) is 47.4 Å². The minimum absolute atomic E-state index is 0. The van der Waals surface area contributed by atoms with Gasteiger partial charge in [-0.3, -0.25) is 19.3 Å². The summed E-state index contributed by atoms with van der Waals surface area (Å²) >= 11 is 0. The van der Waals surface area contributed by atoms with E-state index in [9.17, 15) is 34.8 Å². The topological polar surface area (TPSA) is 178 Å². The molecule has 0 unspecified atom stereocenters. The monoisotopic (exact) mass is 590 g/mol. The molecule has 1 amide bonds. The molecule has 3 aliphatic rings. The molecule has 1 heterocycles. The van der Waals surface area contributed by atoms with Crippen molar-refractivity contribution in [2.75, 3.05) is 14.1 Å². The van der Waals surface area contributed by atoms with Gasteiger partial charge in [-0.05, 0) is 62.2 Å². The van der Waals surface area contributed by atoms with Gasteiger partial charge in [0.05, 0.1) is 11.6 Å². The van der Waals surface area contributed by atoms with Crippen LogP contribution in [0.2, 0.25) is 0 Å². The van der Waals surface area contributed by atoms with Crippen molar-refractivity contribution in [3.8, 4) is 5.75 Å². The van der Waals surface area contributed by atoms with Crippen LogP contribution in [0.5, 0.6) is 5.75 Å². The van der Waals surface area contributed by atoms with Crippen LogP contribution in [0.4, 0.5) is 0 Å². The van der Waals surface area contributed by atoms with Gasteiger partial charge in [0.25, 0.3) is 5.91 Å². The summed E-state index contributed by atoms with van der Waals surface area (Å²) in [5.41, 5.74) is 4.35. The van der Waals surface area contributed by atoms with Crippen molar-refractivity contribution >= 4 is 23.2 Å². The third kappa shape index (κ3) is 5.14. The Labute approximate surface area is 281 Å². The number of primary amides is 1. The second-order valence-corrected chi connectivity index (χ2v) is 10.8. The second kappa shape index (κ2) is 12.1. The number of Topliss-reactive ketones (excluding diaryl/α,β-unsaturated/α-hetero) is 2. The number of hydrogen-bond donors (Lipinski definition) is 6. The molecule has 11 nitrogen and oxygen atoms in total. The number of nitrogens with zero attached hydrogens (tertiary/aromatic N) is 2. The van der Waals surface area contributed by atoms with Crippen LogP contribution in [-0.4, -0.2) is 73.1 Å². The average molecular weight is 591 g/mol. The fourth-order valence-corrected chi connectivity index (χ4v) is 6.48. The molecule has 0 saturated heterocycles. The maximum absolute atomic E-state index is 13.9. The van der Waals surface area contributed by atoms with Crippen molar-refractivity contribution in [1.29, 1.82) is 0 Å². The van der Waals surface area contributed by atoms with Crippen LogP contribution in [0.1, 0.15) is 28.8 Å². The Bertz CT molecular complexity index is 1480. The van der Waals surface area contributed by atoms with Crippen molar-refractivity contribution in [2.45, 2.75) is 37.6 Å². The molecule has 4 atom stereocenters. The zero-order valence-corrected chi connectivity index (χ0v) is 27.1. The third-order valence-electron chi connectivity index (χ3n) is 8.37. The smallest absolute Gasteiger partial charge is 0.508 e. The number of phenols is 1. The van der Waals surface area contributed by atoms with E-state index in [-0.39, 0.29) is 88.5 Å². The Balaban J connectivity index is 0.00000231. The van der Waals surface area contributed by atoms with E-state index >= 15 is 0 Å². The first-order valence-electron chi connectivity index (χ1n) is 12.7. The number of phenolic OH excluding ortho intramolecular Hbond substituents is 1. The number of hydrogen-bond acceptors (Lipinski definition) is 9. The molecule has 0 radical (unpaired) electrons. The first-order valence-corrected chi connectivity index (χ1v) is 12.7. The largest absolute Gasteiger partial charge is 1.00 e. The SMILES string of the molecule is CN(C)[C@@H]1C(=O)C(C(N)=O)=C(O)[C@@]2(O)C(=O)C3=C(O)c4c(O)ccc(CNCc5cccn5C)c4C[C@H]3C[C@@H]12.[CH3-].[K+]. The molecule has 1 fully saturated rings. The fraction of sp³-hybridized carbons (Fsp3) is 0.379. The van der Waals surface area contributed by atoms with Gasteiger partial charge >= 0.3 is 51.4 Å². The zero-order chi connectivity index (χ0) is 28.4. The standard InChI is InChI=1S/C28H32N4O7.CH3.K/c1-31(2)22-17-10-14-9-16-13(11-30-12-15-5-4-8-32(15)3)6-7-18(33)20(16)23(34)19(14)25(36)28(17,39)26(37)21(24(22)35)27(29)38;;/h4-8,14,17,22,30,33-34,37,39H,9-12H2,1-3H3,(H2,29,38);1H3;/q;-1;+1/t14-,17-,22-,28-;;/m0../s1. The van der Waals surface area contributed by atoms with Crippen molar-refractivity contribution in [1.82, 2.24) is 14.8 Å². The van der Waals surface area contributed by atoms with Gasteiger partial charge in [0, 0.05) is 43.5 Å². The summed E-state index contributed by atoms with van der Waals surface area (Å²) in [6.45, 7) is 1.01. The summed E-state index contributed by atoms with van der Waals surface area (Å²) in [7, 11) is 5.09. The average Bonchev–Trinajstić information content (AvgIpc) is 3.26. The minimum atomic E-state index is -2.64. The molecular weight excluding hydrogens is 555 g/mol. The predicted octanol–water partition coefficient (Wildman–Crippen LogP) is -1.95. The van der Waals surface area contributed by atoms with Gasteiger partial charge in [0.15, 0.2) is 11.4 Å². The van der Waals surface area contributed by atoms with E-state index in [4.69, 9.17) is 5.73 Å². The van der Waals surface area contributed by atoms with Crippen molar-refractivity contribution < 1.29 is 86.2 Å². The third-order valence-corrected chi connectivity index (χ3v) is 8.37. The van der Waals surface area contributed by atoms with E-state index in [0.717, 1.165) is 11.3 Å². The van der Waals surface area contributed by atoms with Crippen LogP contribution in [0.25, 0.3) is 5.76 Å². The molecule has 0 spiro atoms. The van der Waals surface area contributed by atoms with E-state index in [0.29, 0.717) is 18.7 Å². The molecule has 41 heavy (non-hydrogen) atoms. The molecule has 0 aliphatic heterocycles. The molecule has 2 aromatic rings. The Hall–Kier alpha value is -2.29. The second-order valence-electron chi connectivity index (χ2n) is 10.8. The minimum Gasteiger partial charge on any atom is -0.508 e. The number of likely N-dealkylation sites (N-methyl/N-ethyl adjacent to an activating group) is 1. The maximum atomic E-state index is 13.9. The number of aliphatic hydroxyl groups excluding tert-OH is 2. The number of aromatic nitrogens is 1. The van der Waals surface area contributed by atoms with E-state index in [1.807, 2.05) is 29.9 Å². The number of aromatic hydroxyl groups is 1. The van der Waals surface area contributed by atoms with E-state index in [2.05, 4.69) is 5.32 Å². The quantitative estimate of drug-likeness (QED) is 0.127. The number of carbonyl (C=O) groups is 3. The van der Waals surface area contributed by atoms with E-state index in [1.54, 1.807) is 20.2 Å². The maximum Gasteiger partial charge on any atom is 1.00 e. The Morgan fingerprint density at radius 3 is 2.44 bits per heavy atom. The number of aliphatic hydroxyl groups is 3.